The Bertz CT molecular complexity index is 591. The zero-order valence-electron chi connectivity index (χ0n) is 15.8. The molecule has 0 aliphatic heterocycles. The first-order valence-corrected chi connectivity index (χ1v) is 8.55. The maximum Gasteiger partial charge on any atom is 0.322 e. The Morgan fingerprint density at radius 1 is 1.04 bits per heavy atom. The summed E-state index contributed by atoms with van der Waals surface area (Å²) in [6.07, 6.45) is -0.551. The summed E-state index contributed by atoms with van der Waals surface area (Å²) in [5, 5.41) is 24.9. The number of carbonyl (C=O) groups is 4. The number of nitrogens with zero attached hydrogens (tertiary/aromatic N) is 1. The number of nitrogens with two attached hydrogens (primary N) is 3. The fraction of sp³-hybridized carbons (Fsp3) is 0.667. The second-order valence-corrected chi connectivity index (χ2v) is 6.12. The Morgan fingerprint density at radius 2 is 1.64 bits per heavy atom. The van der Waals surface area contributed by atoms with Gasteiger partial charge in [-0.3, -0.25) is 24.2 Å². The number of carbonyl (C=O) groups excluding carboxylic acids is 3. The van der Waals surface area contributed by atoms with Crippen molar-refractivity contribution in [2.24, 2.45) is 22.2 Å². The van der Waals surface area contributed by atoms with E-state index in [9.17, 15) is 24.3 Å². The van der Waals surface area contributed by atoms with Crippen LogP contribution in [0.5, 0.6) is 0 Å². The molecule has 3 amide bonds. The predicted octanol–water partition coefficient (Wildman–Crippen LogP) is -4.06. The van der Waals surface area contributed by atoms with Gasteiger partial charge in [0, 0.05) is 6.54 Å². The second-order valence-electron chi connectivity index (χ2n) is 6.12. The monoisotopic (exact) mass is 403 g/mol. The molecule has 0 saturated heterocycles. The van der Waals surface area contributed by atoms with Crippen LogP contribution in [0.2, 0.25) is 0 Å². The van der Waals surface area contributed by atoms with E-state index in [0.29, 0.717) is 13.0 Å². The van der Waals surface area contributed by atoms with Crippen LogP contribution in [-0.2, 0) is 19.2 Å². The van der Waals surface area contributed by atoms with Gasteiger partial charge in [-0.2, -0.15) is 0 Å². The molecule has 0 heterocycles. The van der Waals surface area contributed by atoms with E-state index in [2.05, 4.69) is 20.9 Å². The number of aliphatic hydroxyl groups excluding tert-OH is 1. The summed E-state index contributed by atoms with van der Waals surface area (Å²) in [5.74, 6) is -3.56. The Labute approximate surface area is 162 Å². The van der Waals surface area contributed by atoms with Crippen molar-refractivity contribution in [2.45, 2.75) is 50.9 Å². The zero-order chi connectivity index (χ0) is 21.9. The molecular formula is C15H29N7O6. The molecule has 160 valence electrons. The van der Waals surface area contributed by atoms with Gasteiger partial charge in [-0.05, 0) is 26.7 Å². The molecular weight excluding hydrogens is 374 g/mol. The molecule has 0 bridgehead atoms. The van der Waals surface area contributed by atoms with Crippen molar-refractivity contribution < 1.29 is 29.4 Å². The highest BCUT2D eigenvalue weighted by atomic mass is 16.4. The van der Waals surface area contributed by atoms with Crippen LogP contribution < -0.4 is 33.2 Å². The summed E-state index contributed by atoms with van der Waals surface area (Å²) in [5.41, 5.74) is 16.1. The maximum atomic E-state index is 12.2. The number of guanidine groups is 1. The average molecular weight is 403 g/mol. The fourth-order valence-electron chi connectivity index (χ4n) is 1.99. The summed E-state index contributed by atoms with van der Waals surface area (Å²) in [6, 6.07) is -3.33. The quantitative estimate of drug-likeness (QED) is 0.0897. The fourth-order valence-corrected chi connectivity index (χ4v) is 1.99. The number of carboxylic acid groups (broad SMARTS) is 1. The number of carboxylic acids is 1. The molecule has 0 aromatic carbocycles. The van der Waals surface area contributed by atoms with E-state index in [1.54, 1.807) is 0 Å². The molecule has 0 fully saturated rings. The third-order valence-electron chi connectivity index (χ3n) is 3.53. The maximum absolute atomic E-state index is 12.2. The summed E-state index contributed by atoms with van der Waals surface area (Å²) in [4.78, 5) is 50.3. The minimum Gasteiger partial charge on any atom is -0.480 e. The van der Waals surface area contributed by atoms with E-state index in [4.69, 9.17) is 22.3 Å². The lowest BCUT2D eigenvalue weighted by Gasteiger charge is -2.23. The highest BCUT2D eigenvalue weighted by Crippen LogP contribution is 1.98. The lowest BCUT2D eigenvalue weighted by atomic mass is 10.1. The van der Waals surface area contributed by atoms with Crippen LogP contribution in [0, 0.1) is 0 Å². The van der Waals surface area contributed by atoms with E-state index >= 15 is 0 Å². The van der Waals surface area contributed by atoms with Gasteiger partial charge in [0.1, 0.15) is 18.6 Å². The number of nitrogens with one attached hydrogen (secondary N) is 3. The Kier molecular flexibility index (Phi) is 11.2. The van der Waals surface area contributed by atoms with E-state index in [-0.39, 0.29) is 12.4 Å². The first-order valence-electron chi connectivity index (χ1n) is 8.55. The van der Waals surface area contributed by atoms with Crippen LogP contribution in [0.4, 0.5) is 0 Å². The van der Waals surface area contributed by atoms with E-state index in [1.165, 1.54) is 13.8 Å². The third kappa shape index (κ3) is 10.3. The van der Waals surface area contributed by atoms with Crippen LogP contribution >= 0.6 is 0 Å². The summed E-state index contributed by atoms with van der Waals surface area (Å²) < 4.78 is 0. The van der Waals surface area contributed by atoms with Crippen LogP contribution in [0.15, 0.2) is 4.99 Å². The molecule has 11 N–H and O–H groups in total. The van der Waals surface area contributed by atoms with E-state index < -0.39 is 54.5 Å². The Balaban J connectivity index is 4.60. The smallest absolute Gasteiger partial charge is 0.322 e. The zero-order valence-corrected chi connectivity index (χ0v) is 15.8. The topological polar surface area (TPSA) is 235 Å². The van der Waals surface area contributed by atoms with Gasteiger partial charge in [-0.1, -0.05) is 0 Å². The van der Waals surface area contributed by atoms with E-state index in [0.717, 1.165) is 0 Å². The van der Waals surface area contributed by atoms with Gasteiger partial charge in [-0.25, -0.2) is 0 Å². The minimum atomic E-state index is -1.39. The number of hydrogen-bond acceptors (Lipinski definition) is 7. The van der Waals surface area contributed by atoms with Gasteiger partial charge in [0.05, 0.1) is 12.1 Å². The number of aliphatic carboxylic acids is 1. The summed E-state index contributed by atoms with van der Waals surface area (Å²) >= 11 is 0. The molecule has 28 heavy (non-hydrogen) atoms. The molecule has 13 nitrogen and oxygen atoms in total. The molecule has 4 unspecified atom stereocenters. The number of aliphatic hydroxyl groups is 1. The number of amides is 3. The van der Waals surface area contributed by atoms with Crippen molar-refractivity contribution >= 4 is 29.7 Å². The SMILES string of the molecule is CC(NC(=O)C(N)CCCN=C(N)N)C(=O)NC(C(=O)NCC(=O)O)C(C)O. The average Bonchev–Trinajstić information content (AvgIpc) is 2.59. The van der Waals surface area contributed by atoms with Gasteiger partial charge in [0.2, 0.25) is 17.7 Å². The number of rotatable bonds is 12. The molecule has 0 radical (unpaired) electrons. The highest BCUT2D eigenvalue weighted by molar-refractivity contribution is 5.93. The van der Waals surface area contributed by atoms with Crippen LogP contribution in [0.25, 0.3) is 0 Å². The molecule has 0 aromatic rings. The van der Waals surface area contributed by atoms with Gasteiger partial charge < -0.3 is 43.4 Å². The second kappa shape index (κ2) is 12.5. The highest BCUT2D eigenvalue weighted by Gasteiger charge is 2.28. The molecule has 0 aliphatic rings. The first kappa shape index (κ1) is 25.1. The summed E-state index contributed by atoms with van der Waals surface area (Å²) in [6.45, 7) is 2.26. The summed E-state index contributed by atoms with van der Waals surface area (Å²) in [7, 11) is 0. The van der Waals surface area contributed by atoms with Crippen LogP contribution in [-0.4, -0.2) is 77.2 Å². The lowest BCUT2D eigenvalue weighted by molar-refractivity contribution is -0.139. The Hall–Kier alpha value is -2.93. The molecule has 0 rings (SSSR count). The lowest BCUT2D eigenvalue weighted by Crippen LogP contribution is -2.58. The standard InChI is InChI=1S/C15H29N7O6/c1-7(21-13(27)9(16)4-3-5-19-15(17)18)12(26)22-11(8(2)23)14(28)20-6-10(24)25/h7-9,11,23H,3-6,16H2,1-2H3,(H,20,28)(H,21,27)(H,22,26)(H,24,25)(H4,17,18,19). The molecule has 13 heteroatoms. The normalized spacial score (nSPS) is 14.7. The first-order chi connectivity index (χ1) is 13.0. The van der Waals surface area contributed by atoms with Gasteiger partial charge in [-0.15, -0.1) is 0 Å². The Morgan fingerprint density at radius 3 is 2.14 bits per heavy atom. The number of hydrogen-bond donors (Lipinski definition) is 8. The third-order valence-corrected chi connectivity index (χ3v) is 3.53. The van der Waals surface area contributed by atoms with Crippen molar-refractivity contribution in [3.63, 3.8) is 0 Å². The molecule has 0 aliphatic carbocycles. The number of aliphatic imine (C=N–C) groups is 1. The molecule has 0 spiro atoms. The van der Waals surface area contributed by atoms with Crippen molar-refractivity contribution in [3.8, 4) is 0 Å². The minimum absolute atomic E-state index is 0.0663. The van der Waals surface area contributed by atoms with Crippen LogP contribution in [0.3, 0.4) is 0 Å². The van der Waals surface area contributed by atoms with Crippen molar-refractivity contribution in [1.82, 2.24) is 16.0 Å². The van der Waals surface area contributed by atoms with Gasteiger partial charge >= 0.3 is 5.97 Å². The van der Waals surface area contributed by atoms with Crippen molar-refractivity contribution in [2.75, 3.05) is 13.1 Å². The van der Waals surface area contributed by atoms with E-state index in [1.807, 2.05) is 0 Å². The van der Waals surface area contributed by atoms with Crippen molar-refractivity contribution in [3.05, 3.63) is 0 Å². The molecule has 0 saturated carbocycles. The van der Waals surface area contributed by atoms with Gasteiger partial charge in [0.15, 0.2) is 5.96 Å². The molecule has 0 aromatic heterocycles. The molecule has 4 atom stereocenters. The largest absolute Gasteiger partial charge is 0.480 e. The van der Waals surface area contributed by atoms with Crippen molar-refractivity contribution in [1.29, 1.82) is 0 Å². The van der Waals surface area contributed by atoms with Crippen LogP contribution in [0.1, 0.15) is 26.7 Å². The predicted molar refractivity (Wildman–Crippen MR) is 99.7 cm³/mol. The van der Waals surface area contributed by atoms with Gasteiger partial charge in [0.25, 0.3) is 0 Å².